The Bertz CT molecular complexity index is 1120. The minimum Gasteiger partial charge on any atom is -0.321 e. The van der Waals surface area contributed by atoms with E-state index in [0.29, 0.717) is 16.4 Å². The summed E-state index contributed by atoms with van der Waals surface area (Å²) in [5.41, 5.74) is 2.94. The number of carbonyl (C=O) groups is 1. The Morgan fingerprint density at radius 3 is 2.39 bits per heavy atom. The van der Waals surface area contributed by atoms with E-state index in [9.17, 15) is 13.2 Å². The summed E-state index contributed by atoms with van der Waals surface area (Å²) in [5, 5.41) is 4.83. The van der Waals surface area contributed by atoms with Gasteiger partial charge in [0, 0.05) is 17.8 Å². The number of aryl methyl sites for hydroxylation is 2. The molecule has 0 aliphatic carbocycles. The molecule has 0 bridgehead atoms. The summed E-state index contributed by atoms with van der Waals surface area (Å²) in [7, 11) is -2.42. The van der Waals surface area contributed by atoms with Crippen LogP contribution in [0.5, 0.6) is 0 Å². The van der Waals surface area contributed by atoms with Crippen molar-refractivity contribution in [2.45, 2.75) is 18.7 Å². The van der Waals surface area contributed by atoms with Crippen LogP contribution in [0.2, 0.25) is 5.02 Å². The monoisotopic (exact) mass is 434 g/mol. The quantitative estimate of drug-likeness (QED) is 0.607. The molecule has 5 nitrogen and oxygen atoms in total. The van der Waals surface area contributed by atoms with E-state index in [0.717, 1.165) is 22.5 Å². The Morgan fingerprint density at radius 1 is 1.07 bits per heavy atom. The van der Waals surface area contributed by atoms with Crippen molar-refractivity contribution >= 4 is 50.2 Å². The molecule has 1 aromatic heterocycles. The highest BCUT2D eigenvalue weighted by Crippen LogP contribution is 2.29. The van der Waals surface area contributed by atoms with Gasteiger partial charge < -0.3 is 5.32 Å². The number of amides is 1. The van der Waals surface area contributed by atoms with Crippen LogP contribution in [0.15, 0.2) is 58.8 Å². The van der Waals surface area contributed by atoms with Gasteiger partial charge in [-0.1, -0.05) is 35.4 Å². The number of hydrogen-bond donors (Lipinski definition) is 1. The Labute approximate surface area is 173 Å². The number of nitrogens with zero attached hydrogens (tertiary/aromatic N) is 1. The number of thiophene rings is 1. The van der Waals surface area contributed by atoms with Crippen LogP contribution in [0.3, 0.4) is 0 Å². The third-order valence-electron chi connectivity index (χ3n) is 4.30. The SMILES string of the molecule is Cc1ccc(N(C)S(=O)(=O)c2ccsc2C(=O)Nc2ccc(C)c(Cl)c2)cc1. The van der Waals surface area contributed by atoms with Gasteiger partial charge in [-0.3, -0.25) is 9.10 Å². The number of nitrogens with one attached hydrogen (secondary N) is 1. The molecule has 3 aromatic rings. The highest BCUT2D eigenvalue weighted by molar-refractivity contribution is 7.93. The third kappa shape index (κ3) is 4.06. The van der Waals surface area contributed by atoms with Gasteiger partial charge in [0.25, 0.3) is 15.9 Å². The molecule has 0 unspecified atom stereocenters. The van der Waals surface area contributed by atoms with Crippen LogP contribution >= 0.6 is 22.9 Å². The summed E-state index contributed by atoms with van der Waals surface area (Å²) in [6.45, 7) is 3.79. The number of benzene rings is 2. The average molecular weight is 435 g/mol. The highest BCUT2D eigenvalue weighted by Gasteiger charge is 2.28. The van der Waals surface area contributed by atoms with E-state index in [1.54, 1.807) is 35.7 Å². The number of rotatable bonds is 5. The standard InChI is InChI=1S/C20H19ClN2O3S2/c1-13-4-8-16(9-5-13)23(3)28(25,26)18-10-11-27-19(18)20(24)22-15-7-6-14(2)17(21)12-15/h4-12H,1-3H3,(H,22,24). The molecule has 1 amide bonds. The van der Waals surface area contributed by atoms with E-state index in [1.165, 1.54) is 17.4 Å². The minimum absolute atomic E-state index is 0.0312. The second-order valence-corrected chi connectivity index (χ2v) is 9.60. The Morgan fingerprint density at radius 2 is 1.75 bits per heavy atom. The fourth-order valence-corrected chi connectivity index (χ4v) is 5.24. The fourth-order valence-electron chi connectivity index (χ4n) is 2.57. The third-order valence-corrected chi connectivity index (χ3v) is 7.58. The van der Waals surface area contributed by atoms with Crippen LogP contribution in [0.1, 0.15) is 20.8 Å². The predicted octanol–water partition coefficient (Wildman–Crippen LogP) is 5.10. The number of sulfonamides is 1. The maximum Gasteiger partial charge on any atom is 0.267 e. The summed E-state index contributed by atoms with van der Waals surface area (Å²) in [6, 6.07) is 13.7. The van der Waals surface area contributed by atoms with Crippen LogP contribution in [0, 0.1) is 13.8 Å². The largest absolute Gasteiger partial charge is 0.321 e. The Balaban J connectivity index is 1.90. The van der Waals surface area contributed by atoms with Crippen molar-refractivity contribution < 1.29 is 13.2 Å². The predicted molar refractivity (Wildman–Crippen MR) is 115 cm³/mol. The summed E-state index contributed by atoms with van der Waals surface area (Å²) >= 11 is 7.17. The van der Waals surface area contributed by atoms with Gasteiger partial charge in [0.15, 0.2) is 0 Å². The second kappa shape index (κ2) is 7.95. The summed E-state index contributed by atoms with van der Waals surface area (Å²) < 4.78 is 27.3. The zero-order valence-electron chi connectivity index (χ0n) is 15.6. The first-order valence-electron chi connectivity index (χ1n) is 8.41. The lowest BCUT2D eigenvalue weighted by Crippen LogP contribution is -2.28. The van der Waals surface area contributed by atoms with Crippen molar-refractivity contribution in [2.75, 3.05) is 16.7 Å². The van der Waals surface area contributed by atoms with Crippen molar-refractivity contribution in [3.8, 4) is 0 Å². The topological polar surface area (TPSA) is 66.5 Å². The number of halogens is 1. The zero-order valence-corrected chi connectivity index (χ0v) is 18.0. The van der Waals surface area contributed by atoms with Crippen LogP contribution < -0.4 is 9.62 Å². The first kappa shape index (κ1) is 20.4. The molecule has 0 atom stereocenters. The number of hydrogen-bond acceptors (Lipinski definition) is 4. The van der Waals surface area contributed by atoms with Crippen molar-refractivity contribution in [1.82, 2.24) is 0 Å². The number of carbonyl (C=O) groups excluding carboxylic acids is 1. The zero-order chi connectivity index (χ0) is 20.5. The van der Waals surface area contributed by atoms with Gasteiger partial charge in [0.05, 0.1) is 5.69 Å². The van der Waals surface area contributed by atoms with Gasteiger partial charge in [-0.15, -0.1) is 11.3 Å². The lowest BCUT2D eigenvalue weighted by atomic mass is 10.2. The molecule has 1 N–H and O–H groups in total. The van der Waals surface area contributed by atoms with E-state index in [-0.39, 0.29) is 9.77 Å². The summed E-state index contributed by atoms with van der Waals surface area (Å²) in [5.74, 6) is -0.495. The molecule has 0 aliphatic heterocycles. The van der Waals surface area contributed by atoms with E-state index >= 15 is 0 Å². The highest BCUT2D eigenvalue weighted by atomic mass is 35.5. The molecule has 2 aromatic carbocycles. The molecular formula is C20H19ClN2O3S2. The molecule has 28 heavy (non-hydrogen) atoms. The van der Waals surface area contributed by atoms with Crippen molar-refractivity contribution in [3.05, 3.63) is 74.9 Å². The van der Waals surface area contributed by atoms with E-state index in [1.807, 2.05) is 26.0 Å². The molecule has 3 rings (SSSR count). The normalized spacial score (nSPS) is 11.3. The second-order valence-electron chi connectivity index (χ2n) is 6.34. The van der Waals surface area contributed by atoms with Crippen LogP contribution in [0.4, 0.5) is 11.4 Å². The lowest BCUT2D eigenvalue weighted by Gasteiger charge is -2.20. The smallest absolute Gasteiger partial charge is 0.267 e. The van der Waals surface area contributed by atoms with Gasteiger partial charge in [0.1, 0.15) is 9.77 Å². The van der Waals surface area contributed by atoms with Crippen LogP contribution in [-0.2, 0) is 10.0 Å². The average Bonchev–Trinajstić information content (AvgIpc) is 3.16. The van der Waals surface area contributed by atoms with Crippen LogP contribution in [0.25, 0.3) is 0 Å². The van der Waals surface area contributed by atoms with Crippen molar-refractivity contribution in [3.63, 3.8) is 0 Å². The van der Waals surface area contributed by atoms with E-state index < -0.39 is 15.9 Å². The van der Waals surface area contributed by atoms with Gasteiger partial charge in [-0.2, -0.15) is 0 Å². The van der Waals surface area contributed by atoms with Crippen molar-refractivity contribution in [2.24, 2.45) is 0 Å². The van der Waals surface area contributed by atoms with E-state index in [2.05, 4.69) is 5.32 Å². The molecule has 0 aliphatic rings. The molecule has 1 heterocycles. The molecular weight excluding hydrogens is 416 g/mol. The molecule has 8 heteroatoms. The molecule has 0 saturated carbocycles. The van der Waals surface area contributed by atoms with Crippen LogP contribution in [-0.4, -0.2) is 21.4 Å². The number of anilines is 2. The molecule has 0 radical (unpaired) electrons. The van der Waals surface area contributed by atoms with E-state index in [4.69, 9.17) is 11.6 Å². The van der Waals surface area contributed by atoms with Gasteiger partial charge in [0.2, 0.25) is 0 Å². The maximum atomic E-state index is 13.1. The Kier molecular flexibility index (Phi) is 5.79. The Hall–Kier alpha value is -2.35. The molecule has 0 saturated heterocycles. The molecule has 146 valence electrons. The van der Waals surface area contributed by atoms with Gasteiger partial charge >= 0.3 is 0 Å². The molecule has 0 fully saturated rings. The summed E-state index contributed by atoms with van der Waals surface area (Å²) in [6.07, 6.45) is 0. The first-order chi connectivity index (χ1) is 13.2. The summed E-state index contributed by atoms with van der Waals surface area (Å²) in [4.78, 5) is 12.8. The fraction of sp³-hybridized carbons (Fsp3) is 0.150. The van der Waals surface area contributed by atoms with Crippen molar-refractivity contribution in [1.29, 1.82) is 0 Å². The maximum absolute atomic E-state index is 13.1. The first-order valence-corrected chi connectivity index (χ1v) is 11.1. The van der Waals surface area contributed by atoms with Gasteiger partial charge in [-0.25, -0.2) is 8.42 Å². The lowest BCUT2D eigenvalue weighted by molar-refractivity contribution is 0.102. The van der Waals surface area contributed by atoms with Gasteiger partial charge in [-0.05, 0) is 55.1 Å². The molecule has 0 spiro atoms. The minimum atomic E-state index is -3.89.